The molecule has 0 aliphatic heterocycles. The van der Waals surface area contributed by atoms with Crippen molar-refractivity contribution in [3.8, 4) is 11.4 Å². The minimum Gasteiger partial charge on any atom is -0.497 e. The molecule has 9 heteroatoms. The van der Waals surface area contributed by atoms with Crippen molar-refractivity contribution in [3.63, 3.8) is 0 Å². The van der Waals surface area contributed by atoms with E-state index in [1.807, 2.05) is 35.8 Å². The summed E-state index contributed by atoms with van der Waals surface area (Å²) in [7, 11) is 1.59. The molecule has 0 bridgehead atoms. The second-order valence-corrected chi connectivity index (χ2v) is 6.77. The number of carbonyl (C=O) groups is 1. The normalized spacial score (nSPS) is 10.9. The van der Waals surface area contributed by atoms with Crippen molar-refractivity contribution in [1.29, 1.82) is 0 Å². The number of halogens is 2. The number of nitrogens with zero attached hydrogens (tertiary/aromatic N) is 3. The van der Waals surface area contributed by atoms with Crippen LogP contribution < -0.4 is 10.1 Å². The van der Waals surface area contributed by atoms with E-state index in [0.29, 0.717) is 22.4 Å². The van der Waals surface area contributed by atoms with E-state index in [0.717, 1.165) is 5.69 Å². The fraction of sp³-hybridized carbons (Fsp3) is 0.211. The van der Waals surface area contributed by atoms with Gasteiger partial charge in [0.2, 0.25) is 5.91 Å². The van der Waals surface area contributed by atoms with E-state index < -0.39 is 6.43 Å². The first kappa shape index (κ1) is 19.8. The zero-order chi connectivity index (χ0) is 20.1. The van der Waals surface area contributed by atoms with Gasteiger partial charge >= 0.3 is 0 Å². The van der Waals surface area contributed by atoms with Gasteiger partial charge in [0, 0.05) is 17.3 Å². The predicted octanol–water partition coefficient (Wildman–Crippen LogP) is 4.25. The van der Waals surface area contributed by atoms with Gasteiger partial charge in [0.25, 0.3) is 6.43 Å². The highest BCUT2D eigenvalue weighted by atomic mass is 32.2. The number of anilines is 1. The monoisotopic (exact) mass is 404 g/mol. The van der Waals surface area contributed by atoms with Crippen LogP contribution in [0.3, 0.4) is 0 Å². The lowest BCUT2D eigenvalue weighted by Gasteiger charge is -2.10. The van der Waals surface area contributed by atoms with E-state index in [4.69, 9.17) is 4.74 Å². The maximum Gasteiger partial charge on any atom is 0.263 e. The lowest BCUT2D eigenvalue weighted by Crippen LogP contribution is -2.14. The zero-order valence-corrected chi connectivity index (χ0v) is 16.0. The summed E-state index contributed by atoms with van der Waals surface area (Å²) in [4.78, 5) is 12.2. The Morgan fingerprint density at radius 3 is 2.64 bits per heavy atom. The first-order valence-corrected chi connectivity index (χ1v) is 9.33. The molecule has 6 nitrogen and oxygen atoms in total. The maximum absolute atomic E-state index is 12.6. The molecule has 1 amide bonds. The van der Waals surface area contributed by atoms with Gasteiger partial charge in [-0.05, 0) is 31.2 Å². The number of hydrogen-bond donors (Lipinski definition) is 1. The second-order valence-electron chi connectivity index (χ2n) is 5.83. The molecular formula is C19H18F2N4O2S. The Balaban J connectivity index is 1.67. The molecule has 28 heavy (non-hydrogen) atoms. The maximum atomic E-state index is 12.6. The number of alkyl halides is 2. The fourth-order valence-corrected chi connectivity index (χ4v) is 3.32. The number of aromatic nitrogens is 3. The van der Waals surface area contributed by atoms with Gasteiger partial charge < -0.3 is 10.1 Å². The van der Waals surface area contributed by atoms with Gasteiger partial charge in [-0.1, -0.05) is 30.0 Å². The SMILES string of the molecule is COc1cccc(-n2c(C)nnc2SCC(=O)Nc2ccc(C(F)F)cc2)c1. The highest BCUT2D eigenvalue weighted by Gasteiger charge is 2.14. The van der Waals surface area contributed by atoms with E-state index in [9.17, 15) is 13.6 Å². The largest absolute Gasteiger partial charge is 0.497 e. The van der Waals surface area contributed by atoms with E-state index in [2.05, 4.69) is 15.5 Å². The van der Waals surface area contributed by atoms with Crippen molar-refractivity contribution in [3.05, 3.63) is 59.9 Å². The molecule has 3 aromatic rings. The number of amides is 1. The molecule has 2 aromatic carbocycles. The van der Waals surface area contributed by atoms with Gasteiger partial charge in [-0.15, -0.1) is 10.2 Å². The van der Waals surface area contributed by atoms with Crippen LogP contribution in [0, 0.1) is 6.92 Å². The molecule has 0 fully saturated rings. The Kier molecular flexibility index (Phi) is 6.25. The van der Waals surface area contributed by atoms with Gasteiger partial charge in [-0.25, -0.2) is 8.78 Å². The molecule has 1 aromatic heterocycles. The van der Waals surface area contributed by atoms with Gasteiger partial charge in [-0.3, -0.25) is 9.36 Å². The lowest BCUT2D eigenvalue weighted by atomic mass is 10.2. The minimum atomic E-state index is -2.54. The van der Waals surface area contributed by atoms with E-state index >= 15 is 0 Å². The van der Waals surface area contributed by atoms with Gasteiger partial charge in [0.15, 0.2) is 5.16 Å². The number of ether oxygens (including phenoxy) is 1. The van der Waals surface area contributed by atoms with Crippen LogP contribution in [0.2, 0.25) is 0 Å². The third-order valence-corrected chi connectivity index (χ3v) is 4.81. The van der Waals surface area contributed by atoms with Crippen LogP contribution in [-0.4, -0.2) is 33.5 Å². The van der Waals surface area contributed by atoms with Crippen LogP contribution >= 0.6 is 11.8 Å². The Morgan fingerprint density at radius 1 is 1.21 bits per heavy atom. The van der Waals surface area contributed by atoms with Crippen LogP contribution in [0.5, 0.6) is 5.75 Å². The molecule has 0 aliphatic rings. The summed E-state index contributed by atoms with van der Waals surface area (Å²) in [6.45, 7) is 1.82. The van der Waals surface area contributed by atoms with Crippen molar-refractivity contribution in [2.24, 2.45) is 0 Å². The van der Waals surface area contributed by atoms with Gasteiger partial charge in [0.1, 0.15) is 11.6 Å². The van der Waals surface area contributed by atoms with Crippen molar-refractivity contribution >= 4 is 23.4 Å². The van der Waals surface area contributed by atoms with E-state index in [-0.39, 0.29) is 17.2 Å². The predicted molar refractivity (Wildman–Crippen MR) is 103 cm³/mol. The molecule has 0 spiro atoms. The topological polar surface area (TPSA) is 69.0 Å². The fourth-order valence-electron chi connectivity index (χ4n) is 2.52. The molecule has 146 valence electrons. The van der Waals surface area contributed by atoms with Crippen molar-refractivity contribution in [2.75, 3.05) is 18.2 Å². The average Bonchev–Trinajstić information content (AvgIpc) is 3.07. The van der Waals surface area contributed by atoms with Crippen LogP contribution in [0.25, 0.3) is 5.69 Å². The smallest absolute Gasteiger partial charge is 0.263 e. The minimum absolute atomic E-state index is 0.0887. The number of carbonyl (C=O) groups excluding carboxylic acids is 1. The molecule has 1 heterocycles. The molecule has 0 unspecified atom stereocenters. The zero-order valence-electron chi connectivity index (χ0n) is 15.2. The first-order valence-electron chi connectivity index (χ1n) is 8.35. The molecule has 0 radical (unpaired) electrons. The molecule has 0 saturated carbocycles. The molecule has 0 aliphatic carbocycles. The molecule has 0 atom stereocenters. The summed E-state index contributed by atoms with van der Waals surface area (Å²) in [5.74, 6) is 1.21. The number of aryl methyl sites for hydroxylation is 1. The lowest BCUT2D eigenvalue weighted by molar-refractivity contribution is -0.113. The number of nitrogens with one attached hydrogen (secondary N) is 1. The quantitative estimate of drug-likeness (QED) is 0.596. The third kappa shape index (κ3) is 4.66. The summed E-state index contributed by atoms with van der Waals surface area (Å²) in [6.07, 6.45) is -2.54. The highest BCUT2D eigenvalue weighted by Crippen LogP contribution is 2.25. The third-order valence-electron chi connectivity index (χ3n) is 3.89. The molecule has 0 saturated heterocycles. The number of hydrogen-bond acceptors (Lipinski definition) is 5. The number of methoxy groups -OCH3 is 1. The van der Waals surface area contributed by atoms with Crippen LogP contribution in [0.1, 0.15) is 17.8 Å². The summed E-state index contributed by atoms with van der Waals surface area (Å²) in [6, 6.07) is 12.9. The van der Waals surface area contributed by atoms with Crippen LogP contribution in [-0.2, 0) is 4.79 Å². The Hall–Kier alpha value is -2.94. The summed E-state index contributed by atoms with van der Waals surface area (Å²) in [5.41, 5.74) is 1.20. The van der Waals surface area contributed by atoms with Gasteiger partial charge in [-0.2, -0.15) is 0 Å². The van der Waals surface area contributed by atoms with Crippen LogP contribution in [0.4, 0.5) is 14.5 Å². The summed E-state index contributed by atoms with van der Waals surface area (Å²) >= 11 is 1.23. The standard InChI is InChI=1S/C19H18F2N4O2S/c1-12-23-24-19(25(12)15-4-3-5-16(10-15)27-2)28-11-17(26)22-14-8-6-13(7-9-14)18(20)21/h3-10,18H,11H2,1-2H3,(H,22,26). The highest BCUT2D eigenvalue weighted by molar-refractivity contribution is 7.99. The molecule has 1 N–H and O–H groups in total. The van der Waals surface area contributed by atoms with E-state index in [1.54, 1.807) is 7.11 Å². The molecule has 3 rings (SSSR count). The number of thioether (sulfide) groups is 1. The Bertz CT molecular complexity index is 961. The molecular weight excluding hydrogens is 386 g/mol. The second kappa shape index (κ2) is 8.83. The van der Waals surface area contributed by atoms with E-state index in [1.165, 1.54) is 36.0 Å². The first-order chi connectivity index (χ1) is 13.5. The number of rotatable bonds is 7. The van der Waals surface area contributed by atoms with Crippen molar-refractivity contribution in [2.45, 2.75) is 18.5 Å². The average molecular weight is 404 g/mol. The van der Waals surface area contributed by atoms with Crippen molar-refractivity contribution < 1.29 is 18.3 Å². The number of benzene rings is 2. The Labute approximate surface area is 164 Å². The van der Waals surface area contributed by atoms with Gasteiger partial charge in [0.05, 0.1) is 18.6 Å². The summed E-state index contributed by atoms with van der Waals surface area (Å²) in [5, 5.41) is 11.5. The summed E-state index contributed by atoms with van der Waals surface area (Å²) < 4.78 is 32.2. The van der Waals surface area contributed by atoms with Crippen LogP contribution in [0.15, 0.2) is 53.7 Å². The van der Waals surface area contributed by atoms with Crippen molar-refractivity contribution in [1.82, 2.24) is 14.8 Å². The Morgan fingerprint density at radius 2 is 1.96 bits per heavy atom.